The number of carbonyl (C=O) groups excluding carboxylic acids is 1. The Hall–Kier alpha value is -1.69. The fraction of sp³-hybridized carbons (Fsp3) is 0.462. The summed E-state index contributed by atoms with van der Waals surface area (Å²) in [5.41, 5.74) is 4.15. The number of nitrogen functional groups attached to an aromatic ring is 1. The second-order valence-corrected chi connectivity index (χ2v) is 4.78. The number of ether oxygens (including phenoxy) is 1. The van der Waals surface area contributed by atoms with Crippen LogP contribution in [0.25, 0.3) is 0 Å². The molecule has 0 unspecified atom stereocenters. The van der Waals surface area contributed by atoms with Crippen molar-refractivity contribution in [2.75, 3.05) is 19.4 Å². The Labute approximate surface area is 109 Å². The van der Waals surface area contributed by atoms with E-state index in [0.717, 1.165) is 31.4 Å². The summed E-state index contributed by atoms with van der Waals surface area (Å²) in [5, 5.41) is 2.56. The van der Waals surface area contributed by atoms with Gasteiger partial charge in [0.05, 0.1) is 16.9 Å². The smallest absolute Gasteiger partial charge is 0.254 e. The highest BCUT2D eigenvalue weighted by Gasteiger charge is 2.37. The topological polar surface area (TPSA) is 64.3 Å². The van der Waals surface area contributed by atoms with Gasteiger partial charge in [-0.15, -0.1) is 0 Å². The number of nitrogens with two attached hydrogens (primary N) is 1. The molecule has 3 N–H and O–H groups in total. The van der Waals surface area contributed by atoms with E-state index in [0.29, 0.717) is 0 Å². The Morgan fingerprint density at radius 3 is 2.68 bits per heavy atom. The van der Waals surface area contributed by atoms with Gasteiger partial charge in [-0.2, -0.15) is 0 Å². The van der Waals surface area contributed by atoms with Crippen LogP contribution in [0, 0.1) is 11.6 Å². The normalized spacial score (nSPS) is 16.8. The molecule has 1 saturated carbocycles. The third-order valence-corrected chi connectivity index (χ3v) is 3.58. The molecule has 1 amide bonds. The van der Waals surface area contributed by atoms with E-state index in [1.807, 2.05) is 0 Å². The number of methoxy groups -OCH3 is 1. The maximum atomic E-state index is 13.6. The van der Waals surface area contributed by atoms with E-state index >= 15 is 0 Å². The molecule has 0 aromatic heterocycles. The molecule has 104 valence electrons. The average molecular weight is 270 g/mol. The number of amides is 1. The molecule has 0 radical (unpaired) electrons. The molecule has 0 saturated heterocycles. The van der Waals surface area contributed by atoms with Crippen molar-refractivity contribution in [2.24, 2.45) is 0 Å². The summed E-state index contributed by atoms with van der Waals surface area (Å²) < 4.78 is 32.1. The van der Waals surface area contributed by atoms with E-state index in [-0.39, 0.29) is 23.4 Å². The first-order valence-corrected chi connectivity index (χ1v) is 6.05. The van der Waals surface area contributed by atoms with Crippen molar-refractivity contribution < 1.29 is 18.3 Å². The number of nitrogens with one attached hydrogen (secondary N) is 1. The number of carbonyl (C=O) groups is 1. The fourth-order valence-electron chi connectivity index (χ4n) is 2.14. The zero-order chi connectivity index (χ0) is 14.0. The van der Waals surface area contributed by atoms with Crippen molar-refractivity contribution >= 4 is 11.6 Å². The first-order chi connectivity index (χ1) is 8.97. The molecule has 0 aliphatic heterocycles. The van der Waals surface area contributed by atoms with Gasteiger partial charge in [0, 0.05) is 13.7 Å². The van der Waals surface area contributed by atoms with Gasteiger partial charge in [0.15, 0.2) is 5.82 Å². The van der Waals surface area contributed by atoms with Crippen LogP contribution >= 0.6 is 0 Å². The van der Waals surface area contributed by atoms with Crippen molar-refractivity contribution in [1.82, 2.24) is 5.32 Å². The second kappa shape index (κ2) is 5.13. The quantitative estimate of drug-likeness (QED) is 0.821. The van der Waals surface area contributed by atoms with Crippen LogP contribution in [-0.4, -0.2) is 25.2 Å². The first-order valence-electron chi connectivity index (χ1n) is 6.05. The molecule has 1 aromatic carbocycles. The van der Waals surface area contributed by atoms with Crippen LogP contribution in [0.5, 0.6) is 0 Å². The van der Waals surface area contributed by atoms with E-state index in [2.05, 4.69) is 5.32 Å². The van der Waals surface area contributed by atoms with E-state index in [4.69, 9.17) is 10.5 Å². The summed E-state index contributed by atoms with van der Waals surface area (Å²) >= 11 is 0. The standard InChI is InChI=1S/C13H16F2N2O2/c1-19-13(3-2-4-13)7-17-12(18)9-5-8(14)6-10(16)11(9)15/h5-6H,2-4,7,16H2,1H3,(H,17,18). The molecule has 2 rings (SSSR count). The number of halogens is 2. The number of hydrogen-bond acceptors (Lipinski definition) is 3. The van der Waals surface area contributed by atoms with Crippen LogP contribution in [0.2, 0.25) is 0 Å². The summed E-state index contributed by atoms with van der Waals surface area (Å²) in [5.74, 6) is -2.33. The lowest BCUT2D eigenvalue weighted by atomic mass is 9.80. The predicted octanol–water partition coefficient (Wildman–Crippen LogP) is 1.85. The van der Waals surface area contributed by atoms with Crippen LogP contribution in [0.3, 0.4) is 0 Å². The van der Waals surface area contributed by atoms with Gasteiger partial charge in [0.2, 0.25) is 0 Å². The summed E-state index contributed by atoms with van der Waals surface area (Å²) in [4.78, 5) is 11.8. The van der Waals surface area contributed by atoms with Gasteiger partial charge < -0.3 is 15.8 Å². The predicted molar refractivity (Wildman–Crippen MR) is 66.7 cm³/mol. The van der Waals surface area contributed by atoms with Crippen LogP contribution in [0.4, 0.5) is 14.5 Å². The molecule has 1 fully saturated rings. The Kier molecular flexibility index (Phi) is 3.71. The number of hydrogen-bond donors (Lipinski definition) is 2. The van der Waals surface area contributed by atoms with Crippen LogP contribution < -0.4 is 11.1 Å². The first kappa shape index (κ1) is 13.7. The van der Waals surface area contributed by atoms with Gasteiger partial charge in [0.25, 0.3) is 5.91 Å². The Morgan fingerprint density at radius 1 is 1.47 bits per heavy atom. The van der Waals surface area contributed by atoms with Crippen LogP contribution in [0.15, 0.2) is 12.1 Å². The number of benzene rings is 1. The maximum absolute atomic E-state index is 13.6. The maximum Gasteiger partial charge on any atom is 0.254 e. The van der Waals surface area contributed by atoms with Gasteiger partial charge in [-0.05, 0) is 31.4 Å². The zero-order valence-electron chi connectivity index (χ0n) is 10.6. The average Bonchev–Trinajstić information content (AvgIpc) is 2.32. The van der Waals surface area contributed by atoms with Gasteiger partial charge in [0.1, 0.15) is 5.82 Å². The minimum absolute atomic E-state index is 0.276. The van der Waals surface area contributed by atoms with Crippen molar-refractivity contribution in [3.63, 3.8) is 0 Å². The van der Waals surface area contributed by atoms with Gasteiger partial charge in [-0.3, -0.25) is 4.79 Å². The van der Waals surface area contributed by atoms with Gasteiger partial charge >= 0.3 is 0 Å². The number of anilines is 1. The fourth-order valence-corrected chi connectivity index (χ4v) is 2.14. The zero-order valence-corrected chi connectivity index (χ0v) is 10.6. The minimum atomic E-state index is -0.904. The van der Waals surface area contributed by atoms with Crippen molar-refractivity contribution in [2.45, 2.75) is 24.9 Å². The van der Waals surface area contributed by atoms with Gasteiger partial charge in [-0.25, -0.2) is 8.78 Å². The van der Waals surface area contributed by atoms with Gasteiger partial charge in [-0.1, -0.05) is 0 Å². The highest BCUT2D eigenvalue weighted by atomic mass is 19.1. The summed E-state index contributed by atoms with van der Waals surface area (Å²) in [6.07, 6.45) is 2.72. The largest absolute Gasteiger partial charge is 0.396 e. The number of rotatable bonds is 4. The summed E-state index contributed by atoms with van der Waals surface area (Å²) in [7, 11) is 1.58. The lowest BCUT2D eigenvalue weighted by Gasteiger charge is -2.40. The highest BCUT2D eigenvalue weighted by molar-refractivity contribution is 5.95. The van der Waals surface area contributed by atoms with Crippen LogP contribution in [0.1, 0.15) is 29.6 Å². The van der Waals surface area contributed by atoms with E-state index in [1.54, 1.807) is 7.11 Å². The minimum Gasteiger partial charge on any atom is -0.396 e. The Bertz CT molecular complexity index is 496. The molecule has 1 aliphatic rings. The SMILES string of the molecule is COC1(CNC(=O)c2cc(F)cc(N)c2F)CCC1. The summed E-state index contributed by atoms with van der Waals surface area (Å²) in [6, 6.07) is 1.68. The van der Waals surface area contributed by atoms with Crippen LogP contribution in [-0.2, 0) is 4.74 Å². The molecule has 1 aromatic rings. The highest BCUT2D eigenvalue weighted by Crippen LogP contribution is 2.34. The van der Waals surface area contributed by atoms with Crippen molar-refractivity contribution in [1.29, 1.82) is 0 Å². The molecule has 1 aliphatic carbocycles. The second-order valence-electron chi connectivity index (χ2n) is 4.78. The van der Waals surface area contributed by atoms with E-state index in [1.165, 1.54) is 0 Å². The molecule has 0 heterocycles. The molecule has 0 bridgehead atoms. The van der Waals surface area contributed by atoms with Crippen molar-refractivity contribution in [3.8, 4) is 0 Å². The molecule has 0 atom stereocenters. The molecule has 19 heavy (non-hydrogen) atoms. The Balaban J connectivity index is 2.08. The molecule has 4 nitrogen and oxygen atoms in total. The monoisotopic (exact) mass is 270 g/mol. The molecule has 6 heteroatoms. The molecule has 0 spiro atoms. The Morgan fingerprint density at radius 2 is 2.16 bits per heavy atom. The summed E-state index contributed by atoms with van der Waals surface area (Å²) in [6.45, 7) is 0.276. The molecular weight excluding hydrogens is 254 g/mol. The molecular formula is C13H16F2N2O2. The van der Waals surface area contributed by atoms with E-state index in [9.17, 15) is 13.6 Å². The van der Waals surface area contributed by atoms with E-state index < -0.39 is 17.5 Å². The lowest BCUT2D eigenvalue weighted by molar-refractivity contribution is -0.0679. The third-order valence-electron chi connectivity index (χ3n) is 3.58. The third kappa shape index (κ3) is 2.68. The van der Waals surface area contributed by atoms with Crippen molar-refractivity contribution in [3.05, 3.63) is 29.3 Å². The lowest BCUT2D eigenvalue weighted by Crippen LogP contribution is -2.49.